The summed E-state index contributed by atoms with van der Waals surface area (Å²) in [5.74, 6) is -9.39. The lowest BCUT2D eigenvalue weighted by atomic mass is 9.41. The molecule has 0 amide bonds. The third-order valence-corrected chi connectivity index (χ3v) is 3.88. The summed E-state index contributed by atoms with van der Waals surface area (Å²) >= 11 is 2.77. The van der Waals surface area contributed by atoms with Crippen LogP contribution in [0.2, 0.25) is 6.32 Å². The average Bonchev–Trinajstić information content (AvgIpc) is 2.43. The van der Waals surface area contributed by atoms with Crippen LogP contribution in [0.3, 0.4) is 0 Å². The molecule has 0 N–H and O–H groups in total. The summed E-state index contributed by atoms with van der Waals surface area (Å²) in [4.78, 5) is 0. The molecule has 1 aromatic carbocycles. The first-order valence-corrected chi connectivity index (χ1v) is 5.89. The molecule has 96 valence electrons. The zero-order valence-electron chi connectivity index (χ0n) is 8.99. The van der Waals surface area contributed by atoms with E-state index >= 15 is 0 Å². The summed E-state index contributed by atoms with van der Waals surface area (Å²) in [5.41, 5.74) is -1.20. The molecule has 7 heteroatoms. The third kappa shape index (κ3) is 1.56. The Labute approximate surface area is 109 Å². The van der Waals surface area contributed by atoms with Crippen molar-refractivity contribution in [2.24, 2.45) is 0 Å². The fourth-order valence-corrected chi connectivity index (χ4v) is 2.82. The first-order chi connectivity index (χ1) is 8.25. The third-order valence-electron chi connectivity index (χ3n) is 3.08. The van der Waals surface area contributed by atoms with E-state index in [0.717, 1.165) is 12.1 Å². The summed E-state index contributed by atoms with van der Waals surface area (Å²) in [5, 5.41) is 0. The van der Waals surface area contributed by atoms with Crippen LogP contribution in [0.15, 0.2) is 29.3 Å². The number of alkyl halides is 4. The molecule has 0 unspecified atom stereocenters. The van der Waals surface area contributed by atoms with E-state index < -0.39 is 29.8 Å². The van der Waals surface area contributed by atoms with Gasteiger partial charge in [-0.1, -0.05) is 12.1 Å². The first kappa shape index (κ1) is 13.6. The summed E-state index contributed by atoms with van der Waals surface area (Å²) < 4.78 is 67.8. The molecule has 1 heterocycles. The molecule has 0 aliphatic carbocycles. The number of rotatable bonds is 2. The van der Waals surface area contributed by atoms with Crippen LogP contribution in [0, 0.1) is 5.82 Å². The van der Waals surface area contributed by atoms with Crippen molar-refractivity contribution in [1.29, 1.82) is 0 Å². The number of benzene rings is 1. The van der Waals surface area contributed by atoms with E-state index in [-0.39, 0.29) is 16.3 Å². The van der Waals surface area contributed by atoms with Gasteiger partial charge in [-0.2, -0.15) is 8.78 Å². The molecule has 0 radical (unpaired) electrons. The maximum Gasteiger partial charge on any atom is 0.327 e. The van der Waals surface area contributed by atoms with Gasteiger partial charge in [0, 0.05) is 10.0 Å². The highest BCUT2D eigenvalue weighted by Gasteiger charge is 2.69. The predicted octanol–water partition coefficient (Wildman–Crippen LogP) is 3.76. The summed E-state index contributed by atoms with van der Waals surface area (Å²) in [6.45, 7) is 1.50. The maximum absolute atomic E-state index is 13.7. The Bertz CT molecular complexity index is 514. The Hall–Kier alpha value is -0.845. The van der Waals surface area contributed by atoms with Crippen LogP contribution < -0.4 is 5.46 Å². The van der Waals surface area contributed by atoms with Crippen molar-refractivity contribution < 1.29 is 22.0 Å². The average molecular weight is 325 g/mol. The van der Waals surface area contributed by atoms with Crippen LogP contribution in [0.25, 0.3) is 0 Å². The minimum Gasteiger partial charge on any atom is -0.210 e. The van der Waals surface area contributed by atoms with Crippen molar-refractivity contribution in [3.63, 3.8) is 0 Å². The van der Waals surface area contributed by atoms with Crippen molar-refractivity contribution >= 4 is 28.1 Å². The van der Waals surface area contributed by atoms with Gasteiger partial charge in [-0.3, -0.25) is 0 Å². The van der Waals surface area contributed by atoms with Crippen LogP contribution in [0.5, 0.6) is 0 Å². The van der Waals surface area contributed by atoms with Crippen molar-refractivity contribution in [2.75, 3.05) is 0 Å². The van der Waals surface area contributed by atoms with Gasteiger partial charge in [0.1, 0.15) is 5.82 Å². The monoisotopic (exact) mass is 324 g/mol. The standard InChI is InChI=1S/C11H7BBrF5/c1-2-5-12-8-6(3-4-7(14)9(8)13)10(15,16)11(12,17)18/h2-4H,1,5H2. The zero-order valence-corrected chi connectivity index (χ0v) is 10.6. The molecule has 1 aliphatic rings. The Morgan fingerprint density at radius 3 is 2.44 bits per heavy atom. The Morgan fingerprint density at radius 2 is 1.89 bits per heavy atom. The molecule has 0 atom stereocenters. The maximum atomic E-state index is 13.7. The highest BCUT2D eigenvalue weighted by Crippen LogP contribution is 2.50. The van der Waals surface area contributed by atoms with Gasteiger partial charge in [0.15, 0.2) is 0 Å². The normalized spacial score (nSPS) is 19.8. The van der Waals surface area contributed by atoms with Gasteiger partial charge >= 0.3 is 5.92 Å². The van der Waals surface area contributed by atoms with Crippen LogP contribution in [0.4, 0.5) is 22.0 Å². The lowest BCUT2D eigenvalue weighted by molar-refractivity contribution is -0.162. The number of allylic oxidation sites excluding steroid dienone is 1. The van der Waals surface area contributed by atoms with Gasteiger partial charge in [-0.15, -0.1) is 6.58 Å². The molecule has 0 saturated carbocycles. The van der Waals surface area contributed by atoms with E-state index in [1.807, 2.05) is 0 Å². The number of hydrogen-bond acceptors (Lipinski definition) is 0. The second kappa shape index (κ2) is 4.08. The number of fused-ring (bicyclic) bond motifs is 1. The molecule has 0 bridgehead atoms. The summed E-state index contributed by atoms with van der Waals surface area (Å²) in [6, 6.07) is 1.47. The molecule has 0 spiro atoms. The highest BCUT2D eigenvalue weighted by molar-refractivity contribution is 9.10. The lowest BCUT2D eigenvalue weighted by Crippen LogP contribution is -2.47. The van der Waals surface area contributed by atoms with Gasteiger partial charge in [-0.05, 0) is 33.8 Å². The van der Waals surface area contributed by atoms with Gasteiger partial charge in [-0.25, -0.2) is 13.2 Å². The van der Waals surface area contributed by atoms with Crippen LogP contribution >= 0.6 is 15.9 Å². The topological polar surface area (TPSA) is 0 Å². The minimum absolute atomic E-state index is 0.330. The molecule has 1 aromatic rings. The van der Waals surface area contributed by atoms with Crippen molar-refractivity contribution in [1.82, 2.24) is 0 Å². The second-order valence-electron chi connectivity index (χ2n) is 4.10. The SMILES string of the molecule is C=CCB1c2c(ccc(F)c2Br)C(F)(F)C1(F)F. The van der Waals surface area contributed by atoms with E-state index in [0.29, 0.717) is 6.07 Å². The van der Waals surface area contributed by atoms with E-state index in [2.05, 4.69) is 22.5 Å². The molecule has 2 rings (SSSR count). The minimum atomic E-state index is -4.30. The fourth-order valence-electron chi connectivity index (χ4n) is 2.19. The zero-order chi connectivity index (χ0) is 13.7. The van der Waals surface area contributed by atoms with Crippen molar-refractivity contribution in [3.05, 3.63) is 40.6 Å². The van der Waals surface area contributed by atoms with Crippen molar-refractivity contribution in [3.8, 4) is 0 Å². The largest absolute Gasteiger partial charge is 0.327 e. The predicted molar refractivity (Wildman–Crippen MR) is 63.3 cm³/mol. The molecule has 0 nitrogen and oxygen atoms in total. The van der Waals surface area contributed by atoms with E-state index in [4.69, 9.17) is 0 Å². The molecule has 0 aromatic heterocycles. The fraction of sp³-hybridized carbons (Fsp3) is 0.273. The van der Waals surface area contributed by atoms with Crippen LogP contribution in [-0.2, 0) is 5.92 Å². The van der Waals surface area contributed by atoms with Gasteiger partial charge in [0.25, 0.3) is 12.5 Å². The molecule has 1 aliphatic heterocycles. The molecule has 0 fully saturated rings. The summed E-state index contributed by atoms with van der Waals surface area (Å²) in [7, 11) is 0. The quantitative estimate of drug-likeness (QED) is 0.441. The lowest BCUT2D eigenvalue weighted by Gasteiger charge is -2.22. The number of halogens is 6. The van der Waals surface area contributed by atoms with Gasteiger partial charge < -0.3 is 0 Å². The van der Waals surface area contributed by atoms with E-state index in [1.54, 1.807) is 0 Å². The Kier molecular flexibility index (Phi) is 3.08. The van der Waals surface area contributed by atoms with Crippen LogP contribution in [-0.4, -0.2) is 12.5 Å². The molecular formula is C11H7BBrF5. The van der Waals surface area contributed by atoms with E-state index in [1.165, 1.54) is 0 Å². The Morgan fingerprint density at radius 1 is 1.28 bits per heavy atom. The molecule has 18 heavy (non-hydrogen) atoms. The van der Waals surface area contributed by atoms with Crippen molar-refractivity contribution in [2.45, 2.75) is 18.1 Å². The van der Waals surface area contributed by atoms with Gasteiger partial charge in [0.05, 0.1) is 0 Å². The second-order valence-corrected chi connectivity index (χ2v) is 4.89. The number of hydrogen-bond donors (Lipinski definition) is 0. The summed E-state index contributed by atoms with van der Waals surface area (Å²) in [6.07, 6.45) is 0.777. The highest BCUT2D eigenvalue weighted by atomic mass is 79.9. The van der Waals surface area contributed by atoms with Crippen LogP contribution in [0.1, 0.15) is 5.56 Å². The first-order valence-electron chi connectivity index (χ1n) is 5.10. The Balaban J connectivity index is 2.74. The smallest absolute Gasteiger partial charge is 0.210 e. The van der Waals surface area contributed by atoms with E-state index in [9.17, 15) is 22.0 Å². The molecular weight excluding hydrogens is 318 g/mol. The molecule has 0 saturated heterocycles. The van der Waals surface area contributed by atoms with Gasteiger partial charge in [0.2, 0.25) is 0 Å².